The van der Waals surface area contributed by atoms with Crippen LogP contribution in [-0.2, 0) is 4.79 Å². The van der Waals surface area contributed by atoms with Crippen LogP contribution in [0.15, 0.2) is 36.5 Å². The molecule has 0 saturated heterocycles. The van der Waals surface area contributed by atoms with Crippen LogP contribution in [-0.4, -0.2) is 17.6 Å². The van der Waals surface area contributed by atoms with Crippen molar-refractivity contribution in [3.63, 3.8) is 0 Å². The van der Waals surface area contributed by atoms with E-state index >= 15 is 0 Å². The standard InChI is InChI=1S/C21H37NO2/c1-2-3-4-5-6-7-8-9-10-11-12-13-14-15-16-17-20(19-22)18-21(23)24/h3-4,6-7,9-10,20H,2,5,8,11-19,22H2,1H3,(H,23,24)/b4-3-,7-6-,10-9-. The molecule has 138 valence electrons. The van der Waals surface area contributed by atoms with Crippen molar-refractivity contribution in [3.8, 4) is 0 Å². The number of hydrogen-bond acceptors (Lipinski definition) is 2. The van der Waals surface area contributed by atoms with Gasteiger partial charge in [0.15, 0.2) is 0 Å². The molecule has 3 N–H and O–H groups in total. The van der Waals surface area contributed by atoms with Crippen LogP contribution in [0.25, 0.3) is 0 Å². The highest BCUT2D eigenvalue weighted by Gasteiger charge is 2.10. The van der Waals surface area contributed by atoms with Gasteiger partial charge in [0.2, 0.25) is 0 Å². The van der Waals surface area contributed by atoms with Gasteiger partial charge in [-0.1, -0.05) is 69.1 Å². The summed E-state index contributed by atoms with van der Waals surface area (Å²) >= 11 is 0. The first-order valence-electron chi connectivity index (χ1n) is 9.57. The minimum atomic E-state index is -0.732. The number of unbranched alkanes of at least 4 members (excludes halogenated alkanes) is 5. The minimum Gasteiger partial charge on any atom is -0.481 e. The quantitative estimate of drug-likeness (QED) is 0.284. The molecule has 0 bridgehead atoms. The summed E-state index contributed by atoms with van der Waals surface area (Å²) in [5, 5.41) is 8.77. The molecule has 0 saturated carbocycles. The van der Waals surface area contributed by atoms with Gasteiger partial charge in [0.05, 0.1) is 0 Å². The van der Waals surface area contributed by atoms with E-state index in [0.29, 0.717) is 6.54 Å². The molecule has 24 heavy (non-hydrogen) atoms. The highest BCUT2D eigenvalue weighted by atomic mass is 16.4. The lowest BCUT2D eigenvalue weighted by Gasteiger charge is -2.11. The number of nitrogens with two attached hydrogens (primary N) is 1. The first kappa shape index (κ1) is 22.6. The van der Waals surface area contributed by atoms with Gasteiger partial charge in [0.1, 0.15) is 0 Å². The summed E-state index contributed by atoms with van der Waals surface area (Å²) in [5.74, 6) is -0.583. The minimum absolute atomic E-state index is 0.149. The number of allylic oxidation sites excluding steroid dienone is 6. The fourth-order valence-corrected chi connectivity index (χ4v) is 2.60. The number of hydrogen-bond donors (Lipinski definition) is 2. The Morgan fingerprint density at radius 1 is 0.917 bits per heavy atom. The van der Waals surface area contributed by atoms with Gasteiger partial charge in [-0.2, -0.15) is 0 Å². The average Bonchev–Trinajstić information content (AvgIpc) is 2.56. The molecule has 0 heterocycles. The first-order valence-corrected chi connectivity index (χ1v) is 9.57. The number of rotatable bonds is 16. The molecule has 0 rings (SSSR count). The van der Waals surface area contributed by atoms with Crippen molar-refractivity contribution in [2.24, 2.45) is 11.7 Å². The van der Waals surface area contributed by atoms with E-state index < -0.39 is 5.97 Å². The summed E-state index contributed by atoms with van der Waals surface area (Å²) in [7, 11) is 0. The predicted molar refractivity (Wildman–Crippen MR) is 104 cm³/mol. The van der Waals surface area contributed by atoms with Gasteiger partial charge in [-0.3, -0.25) is 4.79 Å². The molecule has 0 aliphatic carbocycles. The Labute approximate surface area is 148 Å². The SMILES string of the molecule is CC/C=C\C/C=C\C/C=C\CCCCCCCC(CN)CC(=O)O. The van der Waals surface area contributed by atoms with Crippen molar-refractivity contribution in [3.05, 3.63) is 36.5 Å². The van der Waals surface area contributed by atoms with Gasteiger partial charge < -0.3 is 10.8 Å². The molecule has 0 aromatic rings. The van der Waals surface area contributed by atoms with Crippen LogP contribution in [0, 0.1) is 5.92 Å². The van der Waals surface area contributed by atoms with E-state index in [0.717, 1.165) is 38.5 Å². The van der Waals surface area contributed by atoms with E-state index in [1.807, 2.05) is 0 Å². The molecular weight excluding hydrogens is 298 g/mol. The Morgan fingerprint density at radius 3 is 2.12 bits per heavy atom. The molecule has 3 nitrogen and oxygen atoms in total. The lowest BCUT2D eigenvalue weighted by molar-refractivity contribution is -0.138. The van der Waals surface area contributed by atoms with Crippen LogP contribution in [0.3, 0.4) is 0 Å². The normalized spacial score (nSPS) is 13.4. The molecule has 0 aliphatic heterocycles. The van der Waals surface area contributed by atoms with Gasteiger partial charge in [-0.15, -0.1) is 0 Å². The Balaban J connectivity index is 3.39. The van der Waals surface area contributed by atoms with Gasteiger partial charge >= 0.3 is 5.97 Å². The van der Waals surface area contributed by atoms with Gasteiger partial charge in [0.25, 0.3) is 0 Å². The third-order valence-corrected chi connectivity index (χ3v) is 4.06. The molecular formula is C21H37NO2. The van der Waals surface area contributed by atoms with Crippen molar-refractivity contribution >= 4 is 5.97 Å². The van der Waals surface area contributed by atoms with Crippen LogP contribution >= 0.6 is 0 Å². The summed E-state index contributed by atoms with van der Waals surface area (Å²) in [6.45, 7) is 2.64. The summed E-state index contributed by atoms with van der Waals surface area (Å²) in [5.41, 5.74) is 5.60. The molecule has 0 amide bonds. The van der Waals surface area contributed by atoms with Crippen molar-refractivity contribution in [1.29, 1.82) is 0 Å². The van der Waals surface area contributed by atoms with E-state index in [9.17, 15) is 4.79 Å². The van der Waals surface area contributed by atoms with Gasteiger partial charge in [-0.05, 0) is 51.0 Å². The summed E-state index contributed by atoms with van der Waals surface area (Å²) in [6, 6.07) is 0. The van der Waals surface area contributed by atoms with Crippen molar-refractivity contribution in [2.45, 2.75) is 77.6 Å². The molecule has 0 aromatic heterocycles. The van der Waals surface area contributed by atoms with E-state index in [2.05, 4.69) is 43.4 Å². The van der Waals surface area contributed by atoms with Crippen LogP contribution in [0.1, 0.15) is 77.6 Å². The number of carboxylic acid groups (broad SMARTS) is 1. The Morgan fingerprint density at radius 2 is 1.50 bits per heavy atom. The second-order valence-corrected chi connectivity index (χ2v) is 6.34. The zero-order chi connectivity index (χ0) is 17.9. The van der Waals surface area contributed by atoms with E-state index in [-0.39, 0.29) is 12.3 Å². The maximum Gasteiger partial charge on any atom is 0.303 e. The molecule has 0 fully saturated rings. The van der Waals surface area contributed by atoms with E-state index in [4.69, 9.17) is 10.8 Å². The third kappa shape index (κ3) is 17.0. The topological polar surface area (TPSA) is 63.3 Å². The number of aliphatic carboxylic acids is 1. The van der Waals surface area contributed by atoms with Gasteiger partial charge in [-0.25, -0.2) is 0 Å². The predicted octanol–water partition coefficient (Wildman–Crippen LogP) is 5.63. The number of carboxylic acids is 1. The maximum atomic E-state index is 10.7. The van der Waals surface area contributed by atoms with E-state index in [1.54, 1.807) is 0 Å². The Kier molecular flexibility index (Phi) is 17.0. The Bertz CT molecular complexity index is 372. The average molecular weight is 336 g/mol. The largest absolute Gasteiger partial charge is 0.481 e. The monoisotopic (exact) mass is 335 g/mol. The van der Waals surface area contributed by atoms with Crippen LogP contribution in [0.4, 0.5) is 0 Å². The molecule has 1 atom stereocenters. The lowest BCUT2D eigenvalue weighted by atomic mass is 9.97. The summed E-state index contributed by atoms with van der Waals surface area (Å²) < 4.78 is 0. The van der Waals surface area contributed by atoms with Gasteiger partial charge in [0, 0.05) is 6.42 Å². The zero-order valence-electron chi connectivity index (χ0n) is 15.5. The molecule has 0 aliphatic rings. The second kappa shape index (κ2) is 18.0. The van der Waals surface area contributed by atoms with Crippen molar-refractivity contribution in [2.75, 3.05) is 6.54 Å². The fourth-order valence-electron chi connectivity index (χ4n) is 2.60. The molecule has 1 unspecified atom stereocenters. The fraction of sp³-hybridized carbons (Fsp3) is 0.667. The smallest absolute Gasteiger partial charge is 0.303 e. The lowest BCUT2D eigenvalue weighted by Crippen LogP contribution is -2.17. The summed E-state index contributed by atoms with van der Waals surface area (Å²) in [6.07, 6.45) is 24.9. The highest BCUT2D eigenvalue weighted by Crippen LogP contribution is 2.14. The van der Waals surface area contributed by atoms with Crippen LogP contribution < -0.4 is 5.73 Å². The molecule has 3 heteroatoms. The Hall–Kier alpha value is -1.35. The van der Waals surface area contributed by atoms with Crippen LogP contribution in [0.5, 0.6) is 0 Å². The zero-order valence-corrected chi connectivity index (χ0v) is 15.5. The third-order valence-electron chi connectivity index (χ3n) is 4.06. The van der Waals surface area contributed by atoms with Crippen molar-refractivity contribution < 1.29 is 9.90 Å². The first-order chi connectivity index (χ1) is 11.7. The number of carbonyl (C=O) groups is 1. The maximum absolute atomic E-state index is 10.7. The van der Waals surface area contributed by atoms with E-state index in [1.165, 1.54) is 25.7 Å². The summed E-state index contributed by atoms with van der Waals surface area (Å²) in [4.78, 5) is 10.7. The molecule has 0 radical (unpaired) electrons. The molecule has 0 aromatic carbocycles. The molecule has 0 spiro atoms. The van der Waals surface area contributed by atoms with Crippen LogP contribution in [0.2, 0.25) is 0 Å². The second-order valence-electron chi connectivity index (χ2n) is 6.34. The highest BCUT2D eigenvalue weighted by molar-refractivity contribution is 5.67. The van der Waals surface area contributed by atoms with Crippen molar-refractivity contribution in [1.82, 2.24) is 0 Å².